The van der Waals surface area contributed by atoms with Gasteiger partial charge in [0.25, 0.3) is 0 Å². The standard InChI is InChI=1S/C18H24N2S/c1-18(2,3)16-11-21-17(20-16)10-15(19)14-8-7-12-5-4-6-13(12)9-14/h7-9,11,15H,4-6,10,19H2,1-3H3. The van der Waals surface area contributed by atoms with Crippen LogP contribution in [0.25, 0.3) is 0 Å². The Bertz CT molecular complexity index is 637. The minimum absolute atomic E-state index is 0.0508. The molecule has 0 spiro atoms. The lowest BCUT2D eigenvalue weighted by Crippen LogP contribution is -2.15. The second-order valence-corrected chi connectivity index (χ2v) is 8.01. The molecule has 1 aliphatic rings. The van der Waals surface area contributed by atoms with Crippen LogP contribution in [0.15, 0.2) is 23.6 Å². The minimum Gasteiger partial charge on any atom is -0.324 e. The zero-order chi connectivity index (χ0) is 15.0. The van der Waals surface area contributed by atoms with Crippen LogP contribution in [0.3, 0.4) is 0 Å². The molecule has 2 aromatic rings. The third kappa shape index (κ3) is 3.19. The smallest absolute Gasteiger partial charge is 0.0947 e. The average Bonchev–Trinajstić information content (AvgIpc) is 3.04. The van der Waals surface area contributed by atoms with E-state index in [1.54, 1.807) is 11.3 Å². The molecule has 1 aromatic heterocycles. The molecule has 0 aliphatic heterocycles. The largest absolute Gasteiger partial charge is 0.324 e. The summed E-state index contributed by atoms with van der Waals surface area (Å²) in [5.74, 6) is 0. The SMILES string of the molecule is CC(C)(C)c1csc(CC(N)c2ccc3c(c2)CCC3)n1. The number of nitrogens with zero attached hydrogens (tertiary/aromatic N) is 1. The Hall–Kier alpha value is -1.19. The lowest BCUT2D eigenvalue weighted by molar-refractivity contribution is 0.569. The zero-order valence-electron chi connectivity index (χ0n) is 13.1. The van der Waals surface area contributed by atoms with Gasteiger partial charge in [0.15, 0.2) is 0 Å². The molecule has 3 rings (SSSR count). The van der Waals surface area contributed by atoms with Gasteiger partial charge in [-0.05, 0) is 36.0 Å². The molecule has 2 nitrogen and oxygen atoms in total. The van der Waals surface area contributed by atoms with E-state index in [0.29, 0.717) is 0 Å². The first-order valence-corrected chi connectivity index (χ1v) is 8.63. The summed E-state index contributed by atoms with van der Waals surface area (Å²) in [6.07, 6.45) is 4.56. The Labute approximate surface area is 131 Å². The number of nitrogens with two attached hydrogens (primary N) is 1. The van der Waals surface area contributed by atoms with Crippen LogP contribution < -0.4 is 5.73 Å². The van der Waals surface area contributed by atoms with E-state index in [-0.39, 0.29) is 11.5 Å². The lowest BCUT2D eigenvalue weighted by Gasteiger charge is -2.15. The van der Waals surface area contributed by atoms with Crippen LogP contribution in [0, 0.1) is 0 Å². The van der Waals surface area contributed by atoms with Crippen LogP contribution in [0.2, 0.25) is 0 Å². The molecule has 0 bridgehead atoms. The predicted molar refractivity (Wildman–Crippen MR) is 89.9 cm³/mol. The fourth-order valence-electron chi connectivity index (χ4n) is 2.88. The first-order chi connectivity index (χ1) is 9.93. The van der Waals surface area contributed by atoms with Gasteiger partial charge in [0.05, 0.1) is 10.7 Å². The average molecular weight is 300 g/mol. The van der Waals surface area contributed by atoms with Gasteiger partial charge in [-0.25, -0.2) is 4.98 Å². The maximum absolute atomic E-state index is 6.41. The van der Waals surface area contributed by atoms with Gasteiger partial charge >= 0.3 is 0 Å². The van der Waals surface area contributed by atoms with E-state index in [9.17, 15) is 0 Å². The summed E-state index contributed by atoms with van der Waals surface area (Å²) in [5, 5.41) is 3.32. The van der Waals surface area contributed by atoms with Gasteiger partial charge in [-0.15, -0.1) is 11.3 Å². The van der Waals surface area contributed by atoms with Gasteiger partial charge in [0.2, 0.25) is 0 Å². The van der Waals surface area contributed by atoms with E-state index in [0.717, 1.165) is 11.4 Å². The van der Waals surface area contributed by atoms with Gasteiger partial charge in [-0.3, -0.25) is 0 Å². The van der Waals surface area contributed by atoms with E-state index in [4.69, 9.17) is 10.7 Å². The summed E-state index contributed by atoms with van der Waals surface area (Å²) in [6.45, 7) is 6.60. The summed E-state index contributed by atoms with van der Waals surface area (Å²) in [4.78, 5) is 4.76. The third-order valence-corrected chi connectivity index (χ3v) is 5.14. The van der Waals surface area contributed by atoms with Gasteiger partial charge in [-0.2, -0.15) is 0 Å². The number of benzene rings is 1. The first kappa shape index (κ1) is 14.7. The normalized spacial score (nSPS) is 16.0. The van der Waals surface area contributed by atoms with Crippen molar-refractivity contribution in [3.8, 4) is 0 Å². The molecule has 0 amide bonds. The molecule has 21 heavy (non-hydrogen) atoms. The number of aryl methyl sites for hydroxylation is 2. The molecule has 2 N–H and O–H groups in total. The van der Waals surface area contributed by atoms with Crippen molar-refractivity contribution in [2.75, 3.05) is 0 Å². The number of aromatic nitrogens is 1. The van der Waals surface area contributed by atoms with Crippen molar-refractivity contribution < 1.29 is 0 Å². The van der Waals surface area contributed by atoms with Gasteiger partial charge in [0.1, 0.15) is 0 Å². The van der Waals surface area contributed by atoms with Gasteiger partial charge in [-0.1, -0.05) is 39.0 Å². The monoisotopic (exact) mass is 300 g/mol. The Kier molecular flexibility index (Phi) is 3.89. The number of hydrogen-bond acceptors (Lipinski definition) is 3. The van der Waals surface area contributed by atoms with E-state index in [1.807, 2.05) is 0 Å². The molecule has 3 heteroatoms. The van der Waals surface area contributed by atoms with Crippen molar-refractivity contribution in [2.24, 2.45) is 5.73 Å². The quantitative estimate of drug-likeness (QED) is 0.924. The summed E-state index contributed by atoms with van der Waals surface area (Å²) in [7, 11) is 0. The van der Waals surface area contributed by atoms with Crippen molar-refractivity contribution in [1.29, 1.82) is 0 Å². The van der Waals surface area contributed by atoms with Crippen molar-refractivity contribution in [3.63, 3.8) is 0 Å². The summed E-state index contributed by atoms with van der Waals surface area (Å²) in [5.41, 5.74) is 12.0. The predicted octanol–water partition coefficient (Wildman–Crippen LogP) is 4.17. The fourth-order valence-corrected chi connectivity index (χ4v) is 3.96. The molecule has 1 unspecified atom stereocenters. The lowest BCUT2D eigenvalue weighted by atomic mass is 9.93. The molecule has 0 saturated carbocycles. The topological polar surface area (TPSA) is 38.9 Å². The van der Waals surface area contributed by atoms with Crippen LogP contribution >= 0.6 is 11.3 Å². The first-order valence-electron chi connectivity index (χ1n) is 7.75. The van der Waals surface area contributed by atoms with Crippen LogP contribution in [-0.4, -0.2) is 4.98 Å². The molecule has 1 aromatic carbocycles. The Morgan fingerprint density at radius 1 is 1.24 bits per heavy atom. The van der Waals surface area contributed by atoms with Gasteiger partial charge < -0.3 is 5.73 Å². The van der Waals surface area contributed by atoms with Crippen molar-refractivity contribution in [2.45, 2.75) is 57.9 Å². The van der Waals surface area contributed by atoms with E-state index in [1.165, 1.54) is 41.6 Å². The van der Waals surface area contributed by atoms with Crippen LogP contribution in [0.5, 0.6) is 0 Å². The Balaban J connectivity index is 1.74. The summed E-state index contributed by atoms with van der Waals surface area (Å²) < 4.78 is 0. The number of fused-ring (bicyclic) bond motifs is 1. The number of hydrogen-bond donors (Lipinski definition) is 1. The molecule has 0 saturated heterocycles. The second-order valence-electron chi connectivity index (χ2n) is 7.07. The highest BCUT2D eigenvalue weighted by Gasteiger charge is 2.19. The maximum atomic E-state index is 6.41. The third-order valence-electron chi connectivity index (χ3n) is 4.27. The number of thiazole rings is 1. The molecule has 0 fully saturated rings. The van der Waals surface area contributed by atoms with Crippen molar-refractivity contribution >= 4 is 11.3 Å². The zero-order valence-corrected chi connectivity index (χ0v) is 14.0. The molecule has 1 atom stereocenters. The highest BCUT2D eigenvalue weighted by molar-refractivity contribution is 7.09. The molecular weight excluding hydrogens is 276 g/mol. The molecular formula is C18H24N2S. The molecule has 1 heterocycles. The summed E-state index contributed by atoms with van der Waals surface area (Å²) >= 11 is 1.73. The van der Waals surface area contributed by atoms with Crippen LogP contribution in [0.1, 0.15) is 60.6 Å². The minimum atomic E-state index is 0.0508. The number of rotatable bonds is 3. The van der Waals surface area contributed by atoms with Crippen molar-refractivity contribution in [3.05, 3.63) is 51.0 Å². The van der Waals surface area contributed by atoms with E-state index < -0.39 is 0 Å². The highest BCUT2D eigenvalue weighted by atomic mass is 32.1. The molecule has 0 radical (unpaired) electrons. The fraction of sp³-hybridized carbons (Fsp3) is 0.500. The van der Waals surface area contributed by atoms with Crippen LogP contribution in [0.4, 0.5) is 0 Å². The van der Waals surface area contributed by atoms with Crippen LogP contribution in [-0.2, 0) is 24.7 Å². The molecule has 112 valence electrons. The molecule has 1 aliphatic carbocycles. The second kappa shape index (κ2) is 5.54. The maximum Gasteiger partial charge on any atom is 0.0947 e. The van der Waals surface area contributed by atoms with Gasteiger partial charge in [0, 0.05) is 23.3 Å². The van der Waals surface area contributed by atoms with E-state index >= 15 is 0 Å². The van der Waals surface area contributed by atoms with Crippen molar-refractivity contribution in [1.82, 2.24) is 4.98 Å². The Morgan fingerprint density at radius 2 is 2.00 bits per heavy atom. The highest BCUT2D eigenvalue weighted by Crippen LogP contribution is 2.28. The van der Waals surface area contributed by atoms with E-state index in [2.05, 4.69) is 44.4 Å². The Morgan fingerprint density at radius 3 is 2.71 bits per heavy atom. The summed E-state index contributed by atoms with van der Waals surface area (Å²) in [6, 6.07) is 6.83.